The number of hydrogen-bond acceptors (Lipinski definition) is 3. The smallest absolute Gasteiger partial charge is 0.357 e. The third kappa shape index (κ3) is 4.43. The number of benzene rings is 2. The number of hydrogen-bond donors (Lipinski definition) is 0. The first-order valence-electron chi connectivity index (χ1n) is 5.38. The molecule has 2 aromatic rings. The first-order chi connectivity index (χ1) is 8.45. The van der Waals surface area contributed by atoms with E-state index in [0.717, 1.165) is 11.5 Å². The quantitative estimate of drug-likeness (QED) is 0.577. The van der Waals surface area contributed by atoms with Crippen molar-refractivity contribution in [3.05, 3.63) is 60.7 Å². The van der Waals surface area contributed by atoms with Crippen LogP contribution in [0.4, 0.5) is 0 Å². The van der Waals surface area contributed by atoms with Crippen molar-refractivity contribution in [1.29, 1.82) is 0 Å². The van der Waals surface area contributed by atoms with Gasteiger partial charge in [0.25, 0.3) is 0 Å². The van der Waals surface area contributed by atoms with Crippen LogP contribution in [0.3, 0.4) is 0 Å². The van der Waals surface area contributed by atoms with Crippen molar-refractivity contribution < 1.29 is 13.0 Å². The van der Waals surface area contributed by atoms with Gasteiger partial charge in [-0.05, 0) is 24.3 Å². The van der Waals surface area contributed by atoms with E-state index in [0.29, 0.717) is 0 Å². The zero-order valence-corrected chi connectivity index (χ0v) is 12.2. The largest absolute Gasteiger partial charge is 0.525 e. The van der Waals surface area contributed by atoms with E-state index in [-0.39, 0.29) is 0 Å². The topological polar surface area (TPSA) is 27.7 Å². The van der Waals surface area contributed by atoms with Gasteiger partial charge in [-0.15, -0.1) is 0 Å². The molecule has 0 aliphatic heterocycles. The average molecular weight is 262 g/mol. The van der Waals surface area contributed by atoms with Crippen LogP contribution < -0.4 is 8.85 Å². The molecule has 0 saturated carbocycles. The van der Waals surface area contributed by atoms with Crippen LogP contribution in [0.1, 0.15) is 0 Å². The van der Waals surface area contributed by atoms with Gasteiger partial charge in [-0.25, -0.2) is 0 Å². The van der Waals surface area contributed by atoms with E-state index in [1.165, 1.54) is 0 Å². The highest BCUT2D eigenvalue weighted by Gasteiger charge is 1.95. The second kappa shape index (κ2) is 6.90. The summed E-state index contributed by atoms with van der Waals surface area (Å²) in [5.41, 5.74) is 0. The molecule has 88 valence electrons. The minimum absolute atomic E-state index is 0.868. The van der Waals surface area contributed by atoms with Gasteiger partial charge < -0.3 is 13.0 Å². The molecule has 5 heteroatoms. The van der Waals surface area contributed by atoms with Crippen LogP contribution in [-0.2, 0) is 4.12 Å². The first kappa shape index (κ1) is 11.9. The van der Waals surface area contributed by atoms with Gasteiger partial charge in [0.2, 0.25) is 0 Å². The Morgan fingerprint density at radius 1 is 0.588 bits per heavy atom. The molecule has 0 fully saturated rings. The average Bonchev–Trinajstić information content (AvgIpc) is 2.41. The lowest BCUT2D eigenvalue weighted by molar-refractivity contribution is 0.417. The lowest BCUT2D eigenvalue weighted by atomic mass is 10.3. The summed E-state index contributed by atoms with van der Waals surface area (Å²) in [5, 5.41) is 0. The van der Waals surface area contributed by atoms with E-state index < -0.39 is 20.0 Å². The summed E-state index contributed by atoms with van der Waals surface area (Å²) in [6, 6.07) is 19.4. The van der Waals surface area contributed by atoms with Crippen molar-refractivity contribution in [3.63, 3.8) is 0 Å². The van der Waals surface area contributed by atoms with E-state index in [1.54, 1.807) is 0 Å². The summed E-state index contributed by atoms with van der Waals surface area (Å²) in [5.74, 6) is 1.74. The molecule has 0 spiro atoms. The van der Waals surface area contributed by atoms with E-state index in [9.17, 15) is 0 Å². The van der Waals surface area contributed by atoms with Crippen LogP contribution in [-0.4, -0.2) is 20.0 Å². The molecule has 0 radical (unpaired) electrons. The van der Waals surface area contributed by atoms with E-state index in [1.807, 2.05) is 60.7 Å². The van der Waals surface area contributed by atoms with Gasteiger partial charge in [-0.1, -0.05) is 36.4 Å². The lowest BCUT2D eigenvalue weighted by Gasteiger charge is -2.08. The second-order valence-corrected chi connectivity index (χ2v) is 6.04. The van der Waals surface area contributed by atoms with E-state index >= 15 is 0 Å². The molecule has 0 heterocycles. The highest BCUT2D eigenvalue weighted by atomic mass is 28.3. The zero-order valence-electron chi connectivity index (χ0n) is 9.41. The molecule has 0 bridgehead atoms. The Morgan fingerprint density at radius 2 is 1.00 bits per heavy atom. The molecule has 3 nitrogen and oxygen atoms in total. The van der Waals surface area contributed by atoms with Crippen molar-refractivity contribution in [2.75, 3.05) is 0 Å². The van der Waals surface area contributed by atoms with Crippen LogP contribution in [0.15, 0.2) is 60.7 Å². The van der Waals surface area contributed by atoms with Gasteiger partial charge in [0.1, 0.15) is 11.5 Å². The minimum Gasteiger partial charge on any atom is -0.525 e. The van der Waals surface area contributed by atoms with Crippen LogP contribution in [0.2, 0.25) is 0 Å². The monoisotopic (exact) mass is 262 g/mol. The molecule has 0 aromatic heterocycles. The van der Waals surface area contributed by atoms with Gasteiger partial charge in [-0.2, -0.15) is 0 Å². The van der Waals surface area contributed by atoms with Crippen molar-refractivity contribution in [1.82, 2.24) is 0 Å². The molecule has 0 amide bonds. The Bertz CT molecular complexity index is 381. The van der Waals surface area contributed by atoms with Crippen molar-refractivity contribution in [3.8, 4) is 11.5 Å². The van der Waals surface area contributed by atoms with Gasteiger partial charge >= 0.3 is 20.0 Å². The Labute approximate surface area is 105 Å². The molecule has 2 aromatic carbocycles. The standard InChI is InChI=1S/C12H14O3Si2/c1-3-7-11(8-4-1)13-16-15-17-14-12-9-5-2-6-10-12/h1-10H,16-17H2. The van der Waals surface area contributed by atoms with Crippen LogP contribution in [0.5, 0.6) is 11.5 Å². The molecule has 0 N–H and O–H groups in total. The minimum atomic E-state index is -0.966. The third-order valence-corrected chi connectivity index (χ3v) is 4.34. The van der Waals surface area contributed by atoms with Gasteiger partial charge in [-0.3, -0.25) is 0 Å². The fourth-order valence-corrected chi connectivity index (χ4v) is 2.88. The van der Waals surface area contributed by atoms with Crippen LogP contribution >= 0.6 is 0 Å². The van der Waals surface area contributed by atoms with Crippen LogP contribution in [0, 0.1) is 0 Å². The third-order valence-electron chi connectivity index (χ3n) is 2.10. The Balaban J connectivity index is 1.61. The number of rotatable bonds is 6. The van der Waals surface area contributed by atoms with Crippen molar-refractivity contribution in [2.24, 2.45) is 0 Å². The highest BCUT2D eigenvalue weighted by Crippen LogP contribution is 2.08. The van der Waals surface area contributed by atoms with Gasteiger partial charge in [0, 0.05) is 0 Å². The fourth-order valence-electron chi connectivity index (χ4n) is 1.29. The molecule has 0 aliphatic carbocycles. The predicted octanol–water partition coefficient (Wildman–Crippen LogP) is 1.16. The summed E-state index contributed by atoms with van der Waals surface area (Å²) in [4.78, 5) is 0. The molecule has 2 rings (SSSR count). The first-order valence-corrected chi connectivity index (χ1v) is 7.69. The highest BCUT2D eigenvalue weighted by molar-refractivity contribution is 6.35. The Kier molecular flexibility index (Phi) is 4.83. The summed E-state index contributed by atoms with van der Waals surface area (Å²) < 4.78 is 16.5. The second-order valence-electron chi connectivity index (χ2n) is 3.35. The Hall–Kier alpha value is -1.57. The molecule has 0 unspecified atom stereocenters. The van der Waals surface area contributed by atoms with E-state index in [2.05, 4.69) is 0 Å². The SMILES string of the molecule is c1ccc(O[SiH2]O[SiH2]Oc2ccccc2)cc1. The van der Waals surface area contributed by atoms with Crippen LogP contribution in [0.25, 0.3) is 0 Å². The number of para-hydroxylation sites is 2. The van der Waals surface area contributed by atoms with Crippen molar-refractivity contribution in [2.45, 2.75) is 0 Å². The maximum atomic E-state index is 5.52. The molecule has 0 saturated heterocycles. The lowest BCUT2D eigenvalue weighted by Crippen LogP contribution is -2.15. The Morgan fingerprint density at radius 3 is 1.41 bits per heavy atom. The van der Waals surface area contributed by atoms with Gasteiger partial charge in [0.15, 0.2) is 0 Å². The predicted molar refractivity (Wildman–Crippen MR) is 72.3 cm³/mol. The van der Waals surface area contributed by atoms with Crippen molar-refractivity contribution >= 4 is 20.0 Å². The maximum absolute atomic E-state index is 5.52. The molecule has 17 heavy (non-hydrogen) atoms. The molecule has 0 aliphatic rings. The van der Waals surface area contributed by atoms with Gasteiger partial charge in [0.05, 0.1) is 0 Å². The molecule has 0 atom stereocenters. The molecular formula is C12H14O3Si2. The zero-order chi connectivity index (χ0) is 11.8. The summed E-state index contributed by atoms with van der Waals surface area (Å²) >= 11 is 0. The summed E-state index contributed by atoms with van der Waals surface area (Å²) in [6.45, 7) is 0. The normalized spacial score (nSPS) is 11.3. The molecular weight excluding hydrogens is 248 g/mol. The summed E-state index contributed by atoms with van der Waals surface area (Å²) in [6.07, 6.45) is 0. The maximum Gasteiger partial charge on any atom is 0.357 e. The van der Waals surface area contributed by atoms with E-state index in [4.69, 9.17) is 13.0 Å². The summed E-state index contributed by atoms with van der Waals surface area (Å²) in [7, 11) is -1.93. The fraction of sp³-hybridized carbons (Fsp3) is 0.